The van der Waals surface area contributed by atoms with Gasteiger partial charge in [-0.25, -0.2) is 0 Å². The largest absolute Gasteiger partial charge is 0.494 e. The molecular formula is C16H19N3O2. The Kier molecular flexibility index (Phi) is 3.41. The third-order valence-corrected chi connectivity index (χ3v) is 3.86. The minimum atomic E-state index is 0.0318. The molecule has 1 aliphatic rings. The lowest BCUT2D eigenvalue weighted by Gasteiger charge is -2.24. The summed E-state index contributed by atoms with van der Waals surface area (Å²) in [4.78, 5) is 12.0. The summed E-state index contributed by atoms with van der Waals surface area (Å²) < 4.78 is 7.21. The Balaban J connectivity index is 2.01. The summed E-state index contributed by atoms with van der Waals surface area (Å²) in [6.07, 6.45) is 0.452. The Labute approximate surface area is 123 Å². The summed E-state index contributed by atoms with van der Waals surface area (Å²) >= 11 is 0. The van der Waals surface area contributed by atoms with E-state index in [4.69, 9.17) is 4.74 Å². The number of hydrogen-bond donors (Lipinski definition) is 1. The number of rotatable bonds is 3. The van der Waals surface area contributed by atoms with Crippen LogP contribution in [0.2, 0.25) is 0 Å². The average Bonchev–Trinajstić information content (AvgIpc) is 2.74. The van der Waals surface area contributed by atoms with E-state index in [1.807, 2.05) is 45.2 Å². The molecule has 2 aromatic rings. The van der Waals surface area contributed by atoms with Gasteiger partial charge in [0.25, 0.3) is 0 Å². The van der Waals surface area contributed by atoms with Gasteiger partial charge in [0, 0.05) is 24.9 Å². The first kappa shape index (κ1) is 13.7. The number of anilines is 1. The van der Waals surface area contributed by atoms with E-state index in [1.54, 1.807) is 4.68 Å². The van der Waals surface area contributed by atoms with Crippen molar-refractivity contribution >= 4 is 11.7 Å². The molecule has 110 valence electrons. The van der Waals surface area contributed by atoms with Gasteiger partial charge in [-0.15, -0.1) is 0 Å². The number of nitrogens with one attached hydrogen (secondary N) is 1. The number of ether oxygens (including phenoxy) is 1. The highest BCUT2D eigenvalue weighted by molar-refractivity contribution is 5.94. The second kappa shape index (κ2) is 5.24. The SMILES string of the molecule is CCOc1ccc([C@@H]2CC(=O)Nc3c2c(C)nn3C)cc1. The van der Waals surface area contributed by atoms with Crippen LogP contribution >= 0.6 is 0 Å². The molecular weight excluding hydrogens is 266 g/mol. The van der Waals surface area contributed by atoms with Crippen LogP contribution in [-0.2, 0) is 11.8 Å². The van der Waals surface area contributed by atoms with E-state index < -0.39 is 0 Å². The number of nitrogens with zero attached hydrogens (tertiary/aromatic N) is 2. The molecule has 0 bridgehead atoms. The van der Waals surface area contributed by atoms with E-state index in [9.17, 15) is 4.79 Å². The van der Waals surface area contributed by atoms with Gasteiger partial charge in [-0.3, -0.25) is 9.48 Å². The maximum Gasteiger partial charge on any atom is 0.226 e. The highest BCUT2D eigenvalue weighted by Crippen LogP contribution is 2.39. The van der Waals surface area contributed by atoms with Crippen molar-refractivity contribution in [2.45, 2.75) is 26.2 Å². The van der Waals surface area contributed by atoms with Gasteiger partial charge in [-0.1, -0.05) is 12.1 Å². The Hall–Kier alpha value is -2.30. The second-order valence-electron chi connectivity index (χ2n) is 5.28. The van der Waals surface area contributed by atoms with E-state index in [0.29, 0.717) is 13.0 Å². The van der Waals surface area contributed by atoms with Crippen LogP contribution < -0.4 is 10.1 Å². The minimum absolute atomic E-state index is 0.0318. The maximum atomic E-state index is 12.0. The molecule has 5 nitrogen and oxygen atoms in total. The number of aromatic nitrogens is 2. The quantitative estimate of drug-likeness (QED) is 0.943. The van der Waals surface area contributed by atoms with Crippen LogP contribution in [0.4, 0.5) is 5.82 Å². The molecule has 1 aliphatic heterocycles. The average molecular weight is 285 g/mol. The highest BCUT2D eigenvalue weighted by Gasteiger charge is 2.31. The summed E-state index contributed by atoms with van der Waals surface area (Å²) in [6, 6.07) is 7.97. The molecule has 1 N–H and O–H groups in total. The maximum absolute atomic E-state index is 12.0. The van der Waals surface area contributed by atoms with Crippen molar-refractivity contribution in [1.82, 2.24) is 9.78 Å². The van der Waals surface area contributed by atoms with Crippen LogP contribution in [0, 0.1) is 6.92 Å². The van der Waals surface area contributed by atoms with Crippen molar-refractivity contribution in [2.24, 2.45) is 7.05 Å². The number of carbonyl (C=O) groups excluding carboxylic acids is 1. The monoisotopic (exact) mass is 285 g/mol. The molecule has 1 atom stereocenters. The van der Waals surface area contributed by atoms with E-state index in [-0.39, 0.29) is 11.8 Å². The predicted molar refractivity (Wildman–Crippen MR) is 80.6 cm³/mol. The van der Waals surface area contributed by atoms with Gasteiger partial charge in [-0.2, -0.15) is 5.10 Å². The summed E-state index contributed by atoms with van der Waals surface area (Å²) in [5.41, 5.74) is 3.19. The van der Waals surface area contributed by atoms with Crippen molar-refractivity contribution in [2.75, 3.05) is 11.9 Å². The van der Waals surface area contributed by atoms with E-state index in [1.165, 1.54) is 0 Å². The van der Waals surface area contributed by atoms with Gasteiger partial charge in [-0.05, 0) is 31.5 Å². The number of amides is 1. The molecule has 5 heteroatoms. The molecule has 3 rings (SSSR count). The first-order valence-electron chi connectivity index (χ1n) is 7.16. The van der Waals surface area contributed by atoms with Crippen molar-refractivity contribution in [1.29, 1.82) is 0 Å². The number of hydrogen-bond acceptors (Lipinski definition) is 3. The Morgan fingerprint density at radius 2 is 2.10 bits per heavy atom. The topological polar surface area (TPSA) is 56.1 Å². The van der Waals surface area contributed by atoms with Crippen LogP contribution in [0.1, 0.15) is 36.1 Å². The molecule has 0 radical (unpaired) electrons. The molecule has 0 saturated carbocycles. The van der Waals surface area contributed by atoms with Crippen molar-refractivity contribution in [3.8, 4) is 5.75 Å². The van der Waals surface area contributed by atoms with Gasteiger partial charge in [0.1, 0.15) is 11.6 Å². The van der Waals surface area contributed by atoms with Crippen LogP contribution in [0.25, 0.3) is 0 Å². The molecule has 1 amide bonds. The standard InChI is InChI=1S/C16H19N3O2/c1-4-21-12-7-5-11(6-8-12)13-9-14(20)17-16-15(13)10(2)18-19(16)3/h5-8,13H,4,9H2,1-3H3,(H,17,20)/t13-/m0/s1. The third-order valence-electron chi connectivity index (χ3n) is 3.86. The molecule has 0 saturated heterocycles. The Bertz CT molecular complexity index is 674. The minimum Gasteiger partial charge on any atom is -0.494 e. The predicted octanol–water partition coefficient (Wildman–Crippen LogP) is 2.60. The van der Waals surface area contributed by atoms with Gasteiger partial charge >= 0.3 is 0 Å². The highest BCUT2D eigenvalue weighted by atomic mass is 16.5. The first-order valence-corrected chi connectivity index (χ1v) is 7.16. The van der Waals surface area contributed by atoms with E-state index in [0.717, 1.165) is 28.4 Å². The zero-order valence-corrected chi connectivity index (χ0v) is 12.5. The van der Waals surface area contributed by atoms with Gasteiger partial charge in [0.05, 0.1) is 12.3 Å². The van der Waals surface area contributed by atoms with Gasteiger partial charge in [0.15, 0.2) is 0 Å². The lowest BCUT2D eigenvalue weighted by molar-refractivity contribution is -0.116. The molecule has 2 heterocycles. The molecule has 21 heavy (non-hydrogen) atoms. The Morgan fingerprint density at radius 3 is 2.76 bits per heavy atom. The van der Waals surface area contributed by atoms with Crippen LogP contribution in [-0.4, -0.2) is 22.3 Å². The smallest absolute Gasteiger partial charge is 0.226 e. The lowest BCUT2D eigenvalue weighted by atomic mass is 9.86. The third kappa shape index (κ3) is 2.39. The van der Waals surface area contributed by atoms with Crippen molar-refractivity contribution in [3.05, 3.63) is 41.1 Å². The van der Waals surface area contributed by atoms with Crippen LogP contribution in [0.3, 0.4) is 0 Å². The molecule has 0 fully saturated rings. The number of fused-ring (bicyclic) bond motifs is 1. The molecule has 0 aliphatic carbocycles. The summed E-state index contributed by atoms with van der Waals surface area (Å²) in [7, 11) is 1.85. The second-order valence-corrected chi connectivity index (χ2v) is 5.28. The molecule has 0 spiro atoms. The first-order chi connectivity index (χ1) is 10.1. The van der Waals surface area contributed by atoms with Gasteiger partial charge in [0.2, 0.25) is 5.91 Å². The molecule has 0 unspecified atom stereocenters. The molecule has 1 aromatic heterocycles. The number of carbonyl (C=O) groups is 1. The van der Waals surface area contributed by atoms with Crippen molar-refractivity contribution in [3.63, 3.8) is 0 Å². The summed E-state index contributed by atoms with van der Waals surface area (Å²) in [6.45, 7) is 4.60. The number of benzene rings is 1. The fourth-order valence-electron chi connectivity index (χ4n) is 2.96. The van der Waals surface area contributed by atoms with Crippen molar-refractivity contribution < 1.29 is 9.53 Å². The zero-order chi connectivity index (χ0) is 15.0. The lowest BCUT2D eigenvalue weighted by Crippen LogP contribution is -2.24. The zero-order valence-electron chi connectivity index (χ0n) is 12.5. The summed E-state index contributed by atoms with van der Waals surface area (Å²) in [5, 5.41) is 7.34. The fourth-order valence-corrected chi connectivity index (χ4v) is 2.96. The van der Waals surface area contributed by atoms with E-state index >= 15 is 0 Å². The Morgan fingerprint density at radius 1 is 1.38 bits per heavy atom. The van der Waals surface area contributed by atoms with Gasteiger partial charge < -0.3 is 10.1 Å². The number of aryl methyl sites for hydroxylation is 2. The summed E-state index contributed by atoms with van der Waals surface area (Å²) in [5.74, 6) is 1.75. The van der Waals surface area contributed by atoms with Crippen LogP contribution in [0.5, 0.6) is 5.75 Å². The normalized spacial score (nSPS) is 17.3. The van der Waals surface area contributed by atoms with E-state index in [2.05, 4.69) is 10.4 Å². The molecule has 1 aromatic carbocycles. The van der Waals surface area contributed by atoms with Crippen LogP contribution in [0.15, 0.2) is 24.3 Å². The fraction of sp³-hybridized carbons (Fsp3) is 0.375.